The van der Waals surface area contributed by atoms with Crippen LogP contribution in [0.1, 0.15) is 5.69 Å². The summed E-state index contributed by atoms with van der Waals surface area (Å²) in [7, 11) is 0. The van der Waals surface area contributed by atoms with Crippen LogP contribution in [0.4, 0.5) is 13.2 Å². The molecule has 0 radical (unpaired) electrons. The van der Waals surface area contributed by atoms with E-state index in [0.717, 1.165) is 16.8 Å². The summed E-state index contributed by atoms with van der Waals surface area (Å²) >= 11 is 0. The lowest BCUT2D eigenvalue weighted by molar-refractivity contribution is -0.274. The van der Waals surface area contributed by atoms with Crippen molar-refractivity contribution in [3.05, 3.63) is 48.5 Å². The van der Waals surface area contributed by atoms with Gasteiger partial charge in [0.15, 0.2) is 0 Å². The largest absolute Gasteiger partial charge is 0.573 e. The monoisotopic (exact) mass is 293 g/mol. The minimum absolute atomic E-state index is 0.251. The molecule has 21 heavy (non-hydrogen) atoms. The minimum Gasteiger partial charge on any atom is -0.406 e. The number of benzene rings is 1. The highest BCUT2D eigenvalue weighted by Gasteiger charge is 2.30. The van der Waals surface area contributed by atoms with E-state index in [9.17, 15) is 13.2 Å². The highest BCUT2D eigenvalue weighted by molar-refractivity contribution is 5.63. The minimum atomic E-state index is -4.68. The van der Waals surface area contributed by atoms with E-state index in [2.05, 4.69) is 14.7 Å². The van der Waals surface area contributed by atoms with Gasteiger partial charge in [0.2, 0.25) is 5.78 Å². The summed E-state index contributed by atoms with van der Waals surface area (Å²) in [6.45, 7) is 1.89. The number of hydrogen-bond donors (Lipinski definition) is 0. The average molecular weight is 293 g/mol. The van der Waals surface area contributed by atoms with Crippen LogP contribution < -0.4 is 4.74 Å². The van der Waals surface area contributed by atoms with Crippen molar-refractivity contribution in [3.8, 4) is 16.9 Å². The van der Waals surface area contributed by atoms with Gasteiger partial charge in [-0.25, -0.2) is 9.97 Å². The van der Waals surface area contributed by atoms with Crippen LogP contribution in [0.25, 0.3) is 16.9 Å². The zero-order valence-corrected chi connectivity index (χ0v) is 10.9. The molecule has 0 bridgehead atoms. The highest BCUT2D eigenvalue weighted by Crippen LogP contribution is 2.26. The van der Waals surface area contributed by atoms with E-state index in [0.29, 0.717) is 5.78 Å². The maximum absolute atomic E-state index is 12.1. The summed E-state index contributed by atoms with van der Waals surface area (Å²) in [5.41, 5.74) is 2.45. The van der Waals surface area contributed by atoms with Crippen LogP contribution in [0.5, 0.6) is 5.75 Å². The molecule has 0 spiro atoms. The van der Waals surface area contributed by atoms with Crippen molar-refractivity contribution in [2.24, 2.45) is 0 Å². The van der Waals surface area contributed by atoms with Gasteiger partial charge in [-0.2, -0.15) is 0 Å². The Balaban J connectivity index is 1.93. The maximum atomic E-state index is 12.1. The van der Waals surface area contributed by atoms with Gasteiger partial charge >= 0.3 is 6.36 Å². The number of nitrogens with zero attached hydrogens (tertiary/aromatic N) is 3. The number of hydrogen-bond acceptors (Lipinski definition) is 3. The molecule has 0 aliphatic rings. The van der Waals surface area contributed by atoms with Crippen LogP contribution in [0, 0.1) is 6.92 Å². The molecule has 3 aromatic rings. The van der Waals surface area contributed by atoms with Gasteiger partial charge in [-0.05, 0) is 24.6 Å². The molecular weight excluding hydrogens is 283 g/mol. The number of halogens is 3. The predicted molar refractivity (Wildman–Crippen MR) is 69.8 cm³/mol. The van der Waals surface area contributed by atoms with Crippen molar-refractivity contribution in [3.63, 3.8) is 0 Å². The molecule has 0 N–H and O–H groups in total. The second-order valence-corrected chi connectivity index (χ2v) is 4.48. The van der Waals surface area contributed by atoms with Crippen molar-refractivity contribution in [2.45, 2.75) is 13.3 Å². The molecule has 3 rings (SSSR count). The second kappa shape index (κ2) is 4.76. The van der Waals surface area contributed by atoms with E-state index in [1.165, 1.54) is 12.1 Å². The van der Waals surface area contributed by atoms with Gasteiger partial charge in [0.25, 0.3) is 0 Å². The molecule has 2 heterocycles. The first kappa shape index (κ1) is 13.4. The van der Waals surface area contributed by atoms with E-state index in [1.54, 1.807) is 24.5 Å². The lowest BCUT2D eigenvalue weighted by Gasteiger charge is -2.09. The number of ether oxygens (including phenoxy) is 1. The predicted octanol–water partition coefficient (Wildman–Crippen LogP) is 3.60. The standard InChI is InChI=1S/C14H10F3N3O/c1-9-6-18-13-19-7-11(8-20(9)13)10-2-4-12(5-3-10)21-14(15,16)17/h2-8H,1H3. The van der Waals surface area contributed by atoms with Gasteiger partial charge in [-0.1, -0.05) is 12.1 Å². The zero-order valence-electron chi connectivity index (χ0n) is 10.9. The molecule has 108 valence electrons. The molecular formula is C14H10F3N3O. The van der Waals surface area contributed by atoms with Crippen LogP contribution in [0.3, 0.4) is 0 Å². The first-order valence-electron chi connectivity index (χ1n) is 6.08. The van der Waals surface area contributed by atoms with Crippen molar-refractivity contribution >= 4 is 5.78 Å². The number of alkyl halides is 3. The molecule has 1 aromatic carbocycles. The highest BCUT2D eigenvalue weighted by atomic mass is 19.4. The van der Waals surface area contributed by atoms with Crippen molar-refractivity contribution in [1.82, 2.24) is 14.4 Å². The van der Waals surface area contributed by atoms with E-state index >= 15 is 0 Å². The van der Waals surface area contributed by atoms with Crippen LogP contribution >= 0.6 is 0 Å². The third-order valence-corrected chi connectivity index (χ3v) is 2.97. The number of rotatable bonds is 2. The van der Waals surface area contributed by atoms with Gasteiger partial charge in [0.1, 0.15) is 5.75 Å². The molecule has 0 aliphatic heterocycles. The molecule has 0 saturated carbocycles. The van der Waals surface area contributed by atoms with E-state index in [-0.39, 0.29) is 5.75 Å². The first-order chi connectivity index (χ1) is 9.92. The normalized spacial score (nSPS) is 11.8. The van der Waals surface area contributed by atoms with Crippen LogP contribution in [-0.4, -0.2) is 20.7 Å². The van der Waals surface area contributed by atoms with Crippen molar-refractivity contribution < 1.29 is 17.9 Å². The maximum Gasteiger partial charge on any atom is 0.573 e. The first-order valence-corrected chi connectivity index (χ1v) is 6.08. The molecule has 4 nitrogen and oxygen atoms in total. The second-order valence-electron chi connectivity index (χ2n) is 4.48. The number of fused-ring (bicyclic) bond motifs is 1. The molecule has 0 aliphatic carbocycles. The lowest BCUT2D eigenvalue weighted by Crippen LogP contribution is -2.16. The van der Waals surface area contributed by atoms with E-state index in [4.69, 9.17) is 0 Å². The topological polar surface area (TPSA) is 39.4 Å². The Kier molecular flexibility index (Phi) is 3.04. The molecule has 0 saturated heterocycles. The molecule has 0 fully saturated rings. The Morgan fingerprint density at radius 2 is 1.67 bits per heavy atom. The SMILES string of the molecule is Cc1cnc2ncc(-c3ccc(OC(F)(F)F)cc3)cn12. The average Bonchev–Trinajstić information content (AvgIpc) is 2.79. The summed E-state index contributed by atoms with van der Waals surface area (Å²) in [4.78, 5) is 8.32. The third kappa shape index (κ3) is 2.81. The van der Waals surface area contributed by atoms with E-state index in [1.807, 2.05) is 17.5 Å². The van der Waals surface area contributed by atoms with Crippen LogP contribution in [-0.2, 0) is 0 Å². The summed E-state index contributed by atoms with van der Waals surface area (Å²) in [6, 6.07) is 5.65. The third-order valence-electron chi connectivity index (χ3n) is 2.97. The number of aryl methyl sites for hydroxylation is 1. The summed E-state index contributed by atoms with van der Waals surface area (Å²) in [6.07, 6.45) is 0.480. The Labute approximate surface area is 117 Å². The van der Waals surface area contributed by atoms with Gasteiger partial charge in [-0.15, -0.1) is 13.2 Å². The fourth-order valence-corrected chi connectivity index (χ4v) is 1.99. The van der Waals surface area contributed by atoms with E-state index < -0.39 is 6.36 Å². The van der Waals surface area contributed by atoms with Gasteiger partial charge < -0.3 is 4.74 Å². The molecule has 2 aromatic heterocycles. The number of aromatic nitrogens is 3. The Bertz CT molecular complexity index is 778. The molecule has 0 atom stereocenters. The van der Waals surface area contributed by atoms with Crippen molar-refractivity contribution in [1.29, 1.82) is 0 Å². The van der Waals surface area contributed by atoms with Gasteiger partial charge in [-0.3, -0.25) is 4.40 Å². The van der Waals surface area contributed by atoms with Crippen LogP contribution in [0.2, 0.25) is 0 Å². The van der Waals surface area contributed by atoms with Crippen LogP contribution in [0.15, 0.2) is 42.9 Å². The smallest absolute Gasteiger partial charge is 0.406 e. The fraction of sp³-hybridized carbons (Fsp3) is 0.143. The Morgan fingerprint density at radius 1 is 1.00 bits per heavy atom. The van der Waals surface area contributed by atoms with Gasteiger partial charge in [0, 0.05) is 23.7 Å². The Morgan fingerprint density at radius 3 is 2.33 bits per heavy atom. The Hall–Kier alpha value is -2.57. The molecule has 7 heteroatoms. The summed E-state index contributed by atoms with van der Waals surface area (Å²) < 4.78 is 42.0. The number of imidazole rings is 1. The summed E-state index contributed by atoms with van der Waals surface area (Å²) in [5.74, 6) is 0.326. The lowest BCUT2D eigenvalue weighted by atomic mass is 10.1. The zero-order chi connectivity index (χ0) is 15.0. The van der Waals surface area contributed by atoms with Crippen molar-refractivity contribution in [2.75, 3.05) is 0 Å². The van der Waals surface area contributed by atoms with Gasteiger partial charge in [0.05, 0.1) is 6.20 Å². The summed E-state index contributed by atoms with van der Waals surface area (Å²) in [5, 5.41) is 0. The fourth-order valence-electron chi connectivity index (χ4n) is 1.99. The molecule has 0 unspecified atom stereocenters. The molecule has 0 amide bonds. The quantitative estimate of drug-likeness (QED) is 0.724.